The molecule has 0 aliphatic carbocycles. The fourth-order valence-electron chi connectivity index (χ4n) is 2.80. The molecule has 13 heteroatoms. The second kappa shape index (κ2) is 14.0. The van der Waals surface area contributed by atoms with Crippen molar-refractivity contribution in [1.29, 1.82) is 0 Å². The molecule has 0 saturated heterocycles. The molecule has 9 N–H and O–H groups in total. The molecule has 0 aliphatic rings. The summed E-state index contributed by atoms with van der Waals surface area (Å²) < 4.78 is 0. The SMILES string of the molecule is CCC(C)C(NC(=O)C(N)CCC(N)=O)C(=O)NC(CC(=O)O)C(=O)NC(C(=O)O)C(C)C. The van der Waals surface area contributed by atoms with Gasteiger partial charge >= 0.3 is 11.9 Å². The average molecular weight is 474 g/mol. The van der Waals surface area contributed by atoms with E-state index >= 15 is 0 Å². The Morgan fingerprint density at radius 1 is 0.848 bits per heavy atom. The Labute approximate surface area is 192 Å². The Kier molecular flexibility index (Phi) is 12.7. The number of hydrogen-bond donors (Lipinski definition) is 7. The highest BCUT2D eigenvalue weighted by Gasteiger charge is 2.34. The number of hydrogen-bond acceptors (Lipinski definition) is 7. The molecule has 0 aliphatic heterocycles. The highest BCUT2D eigenvalue weighted by Crippen LogP contribution is 2.10. The van der Waals surface area contributed by atoms with Crippen LogP contribution < -0.4 is 27.4 Å². The van der Waals surface area contributed by atoms with Gasteiger partial charge in [0, 0.05) is 6.42 Å². The highest BCUT2D eigenvalue weighted by molar-refractivity contribution is 5.95. The monoisotopic (exact) mass is 473 g/mol. The van der Waals surface area contributed by atoms with Crippen molar-refractivity contribution >= 4 is 35.6 Å². The van der Waals surface area contributed by atoms with Gasteiger partial charge in [-0.1, -0.05) is 34.1 Å². The third-order valence-corrected chi connectivity index (χ3v) is 5.07. The summed E-state index contributed by atoms with van der Waals surface area (Å²) in [6.07, 6.45) is -0.525. The van der Waals surface area contributed by atoms with Crippen LogP contribution in [0.1, 0.15) is 53.4 Å². The first kappa shape index (κ1) is 29.8. The molecule has 0 aromatic rings. The second-order valence-corrected chi connectivity index (χ2v) is 8.21. The van der Waals surface area contributed by atoms with E-state index in [4.69, 9.17) is 16.6 Å². The van der Waals surface area contributed by atoms with Crippen LogP contribution in [0.3, 0.4) is 0 Å². The van der Waals surface area contributed by atoms with Gasteiger partial charge in [-0.3, -0.25) is 24.0 Å². The van der Waals surface area contributed by atoms with E-state index < -0.39 is 78.0 Å². The van der Waals surface area contributed by atoms with Crippen molar-refractivity contribution < 1.29 is 39.0 Å². The molecule has 0 bridgehead atoms. The fourth-order valence-corrected chi connectivity index (χ4v) is 2.80. The zero-order valence-electron chi connectivity index (χ0n) is 19.3. The van der Waals surface area contributed by atoms with E-state index in [9.17, 15) is 33.9 Å². The lowest BCUT2D eigenvalue weighted by Crippen LogP contribution is -2.59. The fraction of sp³-hybridized carbons (Fsp3) is 0.700. The lowest BCUT2D eigenvalue weighted by Gasteiger charge is -2.28. The minimum absolute atomic E-state index is 0.0359. The van der Waals surface area contributed by atoms with E-state index in [0.29, 0.717) is 6.42 Å². The van der Waals surface area contributed by atoms with E-state index in [1.807, 2.05) is 0 Å². The lowest BCUT2D eigenvalue weighted by molar-refractivity contribution is -0.144. The van der Waals surface area contributed by atoms with Crippen molar-refractivity contribution in [2.24, 2.45) is 23.3 Å². The van der Waals surface area contributed by atoms with E-state index in [1.165, 1.54) is 0 Å². The topological polar surface area (TPSA) is 231 Å². The molecule has 188 valence electrons. The van der Waals surface area contributed by atoms with Gasteiger partial charge in [0.2, 0.25) is 23.6 Å². The van der Waals surface area contributed by atoms with Crippen LogP contribution in [-0.4, -0.2) is 69.9 Å². The molecule has 0 aromatic carbocycles. The number of rotatable bonds is 15. The highest BCUT2D eigenvalue weighted by atomic mass is 16.4. The lowest BCUT2D eigenvalue weighted by atomic mass is 9.97. The van der Waals surface area contributed by atoms with Crippen LogP contribution in [0.4, 0.5) is 0 Å². The number of aliphatic carboxylic acids is 2. The van der Waals surface area contributed by atoms with Gasteiger partial charge in [0.25, 0.3) is 0 Å². The Bertz CT molecular complexity index is 742. The number of carbonyl (C=O) groups excluding carboxylic acids is 4. The summed E-state index contributed by atoms with van der Waals surface area (Å²) in [5.74, 6) is -6.82. The van der Waals surface area contributed by atoms with E-state index in [2.05, 4.69) is 16.0 Å². The van der Waals surface area contributed by atoms with Crippen molar-refractivity contribution in [2.45, 2.75) is 77.5 Å². The van der Waals surface area contributed by atoms with Crippen molar-refractivity contribution in [2.75, 3.05) is 0 Å². The van der Waals surface area contributed by atoms with Crippen molar-refractivity contribution in [1.82, 2.24) is 16.0 Å². The summed E-state index contributed by atoms with van der Waals surface area (Å²) in [6.45, 7) is 6.52. The summed E-state index contributed by atoms with van der Waals surface area (Å²) in [4.78, 5) is 71.3. The molecular formula is C20H35N5O8. The molecule has 0 heterocycles. The summed E-state index contributed by atoms with van der Waals surface area (Å²) >= 11 is 0. The quantitative estimate of drug-likeness (QED) is 0.143. The number of amides is 4. The minimum Gasteiger partial charge on any atom is -0.481 e. The minimum atomic E-state index is -1.58. The molecule has 5 atom stereocenters. The smallest absolute Gasteiger partial charge is 0.326 e. The number of nitrogens with two attached hydrogens (primary N) is 2. The molecule has 0 saturated carbocycles. The third-order valence-electron chi connectivity index (χ3n) is 5.07. The van der Waals surface area contributed by atoms with Crippen molar-refractivity contribution in [3.05, 3.63) is 0 Å². The maximum atomic E-state index is 12.9. The van der Waals surface area contributed by atoms with Crippen LogP contribution >= 0.6 is 0 Å². The Hall–Kier alpha value is -3.22. The zero-order chi connectivity index (χ0) is 25.9. The van der Waals surface area contributed by atoms with Crippen LogP contribution in [0.2, 0.25) is 0 Å². The van der Waals surface area contributed by atoms with Crippen molar-refractivity contribution in [3.63, 3.8) is 0 Å². The maximum Gasteiger partial charge on any atom is 0.326 e. The predicted molar refractivity (Wildman–Crippen MR) is 116 cm³/mol. The molecule has 0 radical (unpaired) electrons. The molecule has 5 unspecified atom stereocenters. The maximum absolute atomic E-state index is 12.9. The van der Waals surface area contributed by atoms with Gasteiger partial charge in [-0.25, -0.2) is 4.79 Å². The van der Waals surface area contributed by atoms with Gasteiger partial charge in [0.15, 0.2) is 0 Å². The van der Waals surface area contributed by atoms with Gasteiger partial charge in [-0.05, 0) is 18.3 Å². The van der Waals surface area contributed by atoms with E-state index in [0.717, 1.165) is 0 Å². The number of carboxylic acid groups (broad SMARTS) is 2. The first-order valence-electron chi connectivity index (χ1n) is 10.6. The van der Waals surface area contributed by atoms with Gasteiger partial charge in [-0.2, -0.15) is 0 Å². The molecule has 13 nitrogen and oxygen atoms in total. The number of carboxylic acids is 2. The van der Waals surface area contributed by atoms with Crippen molar-refractivity contribution in [3.8, 4) is 0 Å². The molecular weight excluding hydrogens is 438 g/mol. The second-order valence-electron chi connectivity index (χ2n) is 8.21. The average Bonchev–Trinajstić information content (AvgIpc) is 2.71. The third kappa shape index (κ3) is 10.8. The zero-order valence-corrected chi connectivity index (χ0v) is 19.3. The molecule has 0 rings (SSSR count). The van der Waals surface area contributed by atoms with Gasteiger partial charge < -0.3 is 37.6 Å². The van der Waals surface area contributed by atoms with E-state index in [-0.39, 0.29) is 12.8 Å². The predicted octanol–water partition coefficient (Wildman–Crippen LogP) is -1.70. The molecule has 33 heavy (non-hydrogen) atoms. The van der Waals surface area contributed by atoms with Gasteiger partial charge in [-0.15, -0.1) is 0 Å². The first-order valence-corrected chi connectivity index (χ1v) is 10.6. The Morgan fingerprint density at radius 3 is 1.82 bits per heavy atom. The first-order chi connectivity index (χ1) is 15.2. The summed E-state index contributed by atoms with van der Waals surface area (Å²) in [5, 5.41) is 25.4. The summed E-state index contributed by atoms with van der Waals surface area (Å²) in [5.41, 5.74) is 10.8. The van der Waals surface area contributed by atoms with Crippen LogP contribution in [0.25, 0.3) is 0 Å². The van der Waals surface area contributed by atoms with Crippen LogP contribution in [-0.2, 0) is 28.8 Å². The normalized spacial score (nSPS) is 15.5. The molecule has 0 aromatic heterocycles. The number of carbonyl (C=O) groups is 6. The largest absolute Gasteiger partial charge is 0.481 e. The number of nitrogens with one attached hydrogen (secondary N) is 3. The summed E-state index contributed by atoms with van der Waals surface area (Å²) in [6, 6.07) is -5.15. The molecule has 4 amide bonds. The van der Waals surface area contributed by atoms with Crippen LogP contribution in [0, 0.1) is 11.8 Å². The van der Waals surface area contributed by atoms with E-state index in [1.54, 1.807) is 27.7 Å². The number of primary amides is 1. The van der Waals surface area contributed by atoms with Crippen LogP contribution in [0.15, 0.2) is 0 Å². The molecule has 0 spiro atoms. The standard InChI is InChI=1S/C20H35N5O8/c1-5-10(4)16(25-17(29)11(21)6-7-13(22)26)19(31)23-12(8-14(27)28)18(30)24-15(9(2)3)20(32)33/h9-12,15-16H,5-8,21H2,1-4H3,(H2,22,26)(H,23,31)(H,24,30)(H,25,29)(H,27,28)(H,32,33). The van der Waals surface area contributed by atoms with Gasteiger partial charge in [0.05, 0.1) is 12.5 Å². The Morgan fingerprint density at radius 2 is 1.39 bits per heavy atom. The molecule has 0 fully saturated rings. The van der Waals surface area contributed by atoms with Gasteiger partial charge in [0.1, 0.15) is 18.1 Å². The Balaban J connectivity index is 5.54. The summed E-state index contributed by atoms with van der Waals surface area (Å²) in [7, 11) is 0. The van der Waals surface area contributed by atoms with Crippen LogP contribution in [0.5, 0.6) is 0 Å².